The van der Waals surface area contributed by atoms with Gasteiger partial charge in [-0.3, -0.25) is 18.8 Å². The number of ether oxygens (including phenoxy) is 2. The van der Waals surface area contributed by atoms with Crippen LogP contribution >= 0.6 is 46.5 Å². The zero-order valence-corrected chi connectivity index (χ0v) is 35.5. The molecule has 1 amide bonds. The second-order valence-electron chi connectivity index (χ2n) is 12.5. The van der Waals surface area contributed by atoms with E-state index in [1.54, 1.807) is 25.9 Å². The number of aryl methyl sites for hydroxylation is 3. The Kier molecular flexibility index (Phi) is 20.0. The molecule has 0 aliphatic carbocycles. The first-order chi connectivity index (χ1) is 25.3. The molecule has 0 fully saturated rings. The number of esters is 1. The highest BCUT2D eigenvalue weighted by molar-refractivity contribution is 9.10. The molecule has 3 aromatic rings. The number of methoxy groups -OCH3 is 1. The molecule has 12 nitrogen and oxygen atoms in total. The van der Waals surface area contributed by atoms with Gasteiger partial charge in [0, 0.05) is 32.5 Å². The molecule has 20 heteroatoms. The van der Waals surface area contributed by atoms with Crippen molar-refractivity contribution in [2.24, 2.45) is 12.8 Å². The Bertz CT molecular complexity index is 1840. The summed E-state index contributed by atoms with van der Waals surface area (Å²) in [7, 11) is -0.383. The van der Waals surface area contributed by atoms with Crippen molar-refractivity contribution in [2.75, 3.05) is 37.3 Å². The Hall–Kier alpha value is -3.05. The van der Waals surface area contributed by atoms with E-state index >= 15 is 0 Å². The minimum atomic E-state index is -4.69. The lowest BCUT2D eigenvalue weighted by Crippen LogP contribution is -2.43. The van der Waals surface area contributed by atoms with Crippen LogP contribution in [0.5, 0.6) is 0 Å². The second-order valence-corrected chi connectivity index (χ2v) is 16.6. The number of rotatable bonds is 13. The number of halogens is 7. The average Bonchev–Trinajstić information content (AvgIpc) is 3.37. The van der Waals surface area contributed by atoms with Gasteiger partial charge in [0.2, 0.25) is 5.91 Å². The highest BCUT2D eigenvalue weighted by Crippen LogP contribution is 2.41. The first-order valence-corrected chi connectivity index (χ1v) is 20.6. The summed E-state index contributed by atoms with van der Waals surface area (Å²) in [6, 6.07) is 6.87. The van der Waals surface area contributed by atoms with Crippen LogP contribution in [-0.2, 0) is 43.3 Å². The summed E-state index contributed by atoms with van der Waals surface area (Å²) >= 11 is 14.4. The Balaban J connectivity index is 0.000000446. The number of nitrogens with zero attached hydrogens (tertiary/aromatic N) is 3. The van der Waals surface area contributed by atoms with Gasteiger partial charge in [-0.2, -0.15) is 18.3 Å². The molecular weight excluding hydrogens is 862 g/mol. The van der Waals surface area contributed by atoms with Gasteiger partial charge < -0.3 is 30.1 Å². The lowest BCUT2D eigenvalue weighted by molar-refractivity contribution is -0.144. The van der Waals surface area contributed by atoms with E-state index in [1.165, 1.54) is 6.66 Å². The number of carbonyl (C=O) groups excluding carboxylic acids is 2. The van der Waals surface area contributed by atoms with Crippen molar-refractivity contribution in [2.45, 2.75) is 71.8 Å². The van der Waals surface area contributed by atoms with Gasteiger partial charge in [-0.15, -0.1) is 11.6 Å². The van der Waals surface area contributed by atoms with Crippen molar-refractivity contribution >= 4 is 70.0 Å². The number of nitrogens with two attached hydrogens (primary N) is 1. The molecule has 1 aromatic heterocycles. The number of carbonyl (C=O) groups is 3. The van der Waals surface area contributed by atoms with E-state index < -0.39 is 53.6 Å². The maximum atomic E-state index is 14.3. The van der Waals surface area contributed by atoms with E-state index in [-0.39, 0.29) is 52.3 Å². The van der Waals surface area contributed by atoms with Gasteiger partial charge in [0.1, 0.15) is 23.4 Å². The molecule has 0 radical (unpaired) electrons. The smallest absolute Gasteiger partial charge is 0.434 e. The van der Waals surface area contributed by atoms with Crippen molar-refractivity contribution in [3.63, 3.8) is 0 Å². The topological polar surface area (TPSA) is 174 Å². The van der Waals surface area contributed by atoms with Gasteiger partial charge in [-0.25, -0.2) is 9.18 Å². The van der Waals surface area contributed by atoms with Gasteiger partial charge in [-0.1, -0.05) is 36.7 Å². The number of carboxylic acids is 1. The van der Waals surface area contributed by atoms with Crippen molar-refractivity contribution < 1.29 is 56.0 Å². The fraction of sp³-hybridized carbons (Fsp3) is 0.486. The fourth-order valence-corrected chi connectivity index (χ4v) is 6.85. The predicted octanol–water partition coefficient (Wildman–Crippen LogP) is 8.08. The van der Waals surface area contributed by atoms with Gasteiger partial charge in [0.05, 0.1) is 39.5 Å². The largest absolute Gasteiger partial charge is 0.480 e. The van der Waals surface area contributed by atoms with Crippen LogP contribution in [0.15, 0.2) is 34.8 Å². The third kappa shape index (κ3) is 15.1. The fourth-order valence-electron chi connectivity index (χ4n) is 4.97. The molecule has 0 aliphatic heterocycles. The first kappa shape index (κ1) is 50.0. The van der Waals surface area contributed by atoms with Crippen LogP contribution < -0.4 is 10.6 Å². The van der Waals surface area contributed by atoms with E-state index in [0.717, 1.165) is 42.4 Å². The number of aromatic nitrogens is 2. The van der Waals surface area contributed by atoms with E-state index in [0.29, 0.717) is 11.3 Å². The minimum Gasteiger partial charge on any atom is -0.480 e. The number of carboxylic acid groups (broad SMARTS) is 1. The third-order valence-electron chi connectivity index (χ3n) is 7.48. The monoisotopic (exact) mass is 906 g/mol. The standard InChI is InChI=1S/C15H12BrClF4N2O2.C15H22ClNO2.C5H12NO4P/c1-6(2)25-14(24)7-4-8(10(18)5-9(7)17)12-11(16)13(15(19,20)21)23(3)22-12;1-5-13-8-6-7-11(2)15(13)17(14(18)9-16)12(3)10-19-4;1-11(9,10)3-2-4(6)5(7)8/h4-6H,1-3H3;6-8,12H,5,9-10H2,1-4H3;4H,2-3,6H2,1H3,(H,7,8)(H,9,10). The molecule has 0 aliphatic rings. The van der Waals surface area contributed by atoms with Crippen molar-refractivity contribution in [3.8, 4) is 11.3 Å². The molecule has 1 heterocycles. The first-order valence-electron chi connectivity index (χ1n) is 16.6. The molecule has 0 bridgehead atoms. The van der Waals surface area contributed by atoms with Crippen LogP contribution in [0.1, 0.15) is 61.3 Å². The Morgan fingerprint density at radius 1 is 1.18 bits per heavy atom. The lowest BCUT2D eigenvalue weighted by atomic mass is 10.0. The third-order valence-corrected chi connectivity index (χ3v) is 9.86. The van der Waals surface area contributed by atoms with E-state index in [4.69, 9.17) is 48.4 Å². The summed E-state index contributed by atoms with van der Waals surface area (Å²) in [5.74, 6) is -2.98. The second kappa shape index (κ2) is 22.0. The zero-order valence-electron chi connectivity index (χ0n) is 31.5. The molecular formula is C35H46BrCl2F4N4O8P. The summed E-state index contributed by atoms with van der Waals surface area (Å²) in [4.78, 5) is 44.9. The number of aliphatic carboxylic acids is 1. The molecule has 3 atom stereocenters. The average molecular weight is 909 g/mol. The van der Waals surface area contributed by atoms with Gasteiger partial charge in [-0.05, 0) is 79.7 Å². The molecule has 3 unspecified atom stereocenters. The maximum Gasteiger partial charge on any atom is 0.434 e. The summed E-state index contributed by atoms with van der Waals surface area (Å²) < 4.78 is 74.5. The summed E-state index contributed by atoms with van der Waals surface area (Å²) in [6.45, 7) is 11.0. The van der Waals surface area contributed by atoms with Crippen LogP contribution in [0.25, 0.3) is 11.3 Å². The van der Waals surface area contributed by atoms with Gasteiger partial charge in [0.15, 0.2) is 13.1 Å². The molecule has 55 heavy (non-hydrogen) atoms. The quantitative estimate of drug-likeness (QED) is 0.0659. The number of benzene rings is 2. The van der Waals surface area contributed by atoms with Crippen molar-refractivity contribution in [1.82, 2.24) is 9.78 Å². The van der Waals surface area contributed by atoms with E-state index in [9.17, 15) is 36.5 Å². The molecule has 308 valence electrons. The highest BCUT2D eigenvalue weighted by atomic mass is 79.9. The van der Waals surface area contributed by atoms with E-state index in [1.807, 2.05) is 26.0 Å². The molecule has 0 saturated carbocycles. The summed E-state index contributed by atoms with van der Waals surface area (Å²) in [5, 5.41) is 11.8. The molecule has 0 saturated heterocycles. The van der Waals surface area contributed by atoms with Crippen LogP contribution in [0.4, 0.5) is 23.2 Å². The van der Waals surface area contributed by atoms with Crippen LogP contribution in [0.3, 0.4) is 0 Å². The number of anilines is 1. The number of hydrogen-bond donors (Lipinski definition) is 3. The molecule has 4 N–H and O–H groups in total. The molecule has 2 aromatic carbocycles. The van der Waals surface area contributed by atoms with Crippen molar-refractivity contribution in [1.29, 1.82) is 0 Å². The number of amides is 1. The SMILES string of the molecule is CC(C)OC(=O)c1cc(-c2nn(C)c(C(F)(F)F)c2Br)c(F)cc1Cl.CCc1cccc(C)c1N(C(=O)CCl)C(C)COC.CP(=O)(O)CCC(N)C(=O)O. The zero-order chi connectivity index (χ0) is 42.6. The highest BCUT2D eigenvalue weighted by Gasteiger charge is 2.39. The Labute approximate surface area is 335 Å². The van der Waals surface area contributed by atoms with Crippen LogP contribution in [0.2, 0.25) is 5.02 Å². The number of hydrogen-bond acceptors (Lipinski definition) is 8. The van der Waals surface area contributed by atoms with E-state index in [2.05, 4.69) is 34.0 Å². The Morgan fingerprint density at radius 3 is 2.24 bits per heavy atom. The summed E-state index contributed by atoms with van der Waals surface area (Å²) in [5.41, 5.74) is 6.44. The minimum absolute atomic E-state index is 0.0223. The lowest BCUT2D eigenvalue weighted by Gasteiger charge is -2.31. The van der Waals surface area contributed by atoms with Gasteiger partial charge >= 0.3 is 18.1 Å². The maximum absolute atomic E-state index is 14.3. The molecule has 0 spiro atoms. The molecule has 3 rings (SSSR count). The number of para-hydroxylation sites is 1. The number of alkyl halides is 4. The Morgan fingerprint density at radius 2 is 1.78 bits per heavy atom. The predicted molar refractivity (Wildman–Crippen MR) is 208 cm³/mol. The van der Waals surface area contributed by atoms with Crippen LogP contribution in [0, 0.1) is 12.7 Å². The normalized spacial score (nSPS) is 13.4. The van der Waals surface area contributed by atoms with Crippen LogP contribution in [-0.4, -0.2) is 88.2 Å². The van der Waals surface area contributed by atoms with Gasteiger partial charge in [0.25, 0.3) is 0 Å². The summed E-state index contributed by atoms with van der Waals surface area (Å²) in [6.07, 6.45) is -4.26. The van der Waals surface area contributed by atoms with Crippen molar-refractivity contribution in [3.05, 3.63) is 68.0 Å².